The molecule has 0 aliphatic carbocycles. The molecule has 2 amide bonds. The Balaban J connectivity index is 1.73. The number of likely N-dealkylation sites (N-methyl/N-ethyl adjacent to an activating group) is 2. The average Bonchev–Trinajstić information content (AvgIpc) is 3.53. The first-order chi connectivity index (χ1) is 19.2. The van der Waals surface area contributed by atoms with Crippen molar-refractivity contribution >= 4 is 52.3 Å². The van der Waals surface area contributed by atoms with Gasteiger partial charge in [0, 0.05) is 49.8 Å². The van der Waals surface area contributed by atoms with Crippen LogP contribution in [-0.2, 0) is 9.59 Å². The van der Waals surface area contributed by atoms with Gasteiger partial charge in [0.2, 0.25) is 11.8 Å². The third kappa shape index (κ3) is 5.71. The highest BCUT2D eigenvalue weighted by Gasteiger charge is 2.29. The highest BCUT2D eigenvalue weighted by atomic mass is 35.5. The molecule has 1 saturated heterocycles. The van der Waals surface area contributed by atoms with Gasteiger partial charge in [0.1, 0.15) is 17.3 Å². The lowest BCUT2D eigenvalue weighted by atomic mass is 10.0. The second-order valence-corrected chi connectivity index (χ2v) is 10.8. The van der Waals surface area contributed by atoms with Crippen molar-refractivity contribution in [2.24, 2.45) is 11.7 Å². The van der Waals surface area contributed by atoms with Crippen molar-refractivity contribution < 1.29 is 9.59 Å². The van der Waals surface area contributed by atoms with Gasteiger partial charge in [-0.2, -0.15) is 9.61 Å². The molecule has 40 heavy (non-hydrogen) atoms. The standard InChI is InChI=1S/C29H31Cl2N7O2/c1-3-33-25(40)17-36(2)24-15-26(37-13-12-18(16-37)14-23(32)39)38-29(34-24)27(19-8-10-20(30)11-9-19)28(35-38)21-6-4-5-7-22(21)31/h4-11,15,18H,3,12-14,16-17H2,1-2H3,(H2,32,39)(H,33,40)/t18-/m1/s1. The molecule has 0 bridgehead atoms. The topological polar surface area (TPSA) is 109 Å². The summed E-state index contributed by atoms with van der Waals surface area (Å²) < 4.78 is 1.83. The molecule has 3 heterocycles. The van der Waals surface area contributed by atoms with Crippen LogP contribution < -0.4 is 20.9 Å². The predicted molar refractivity (Wildman–Crippen MR) is 160 cm³/mol. The first-order valence-electron chi connectivity index (χ1n) is 13.2. The Hall–Kier alpha value is -3.82. The molecule has 1 aliphatic rings. The SMILES string of the molecule is CCNC(=O)CN(C)c1cc(N2CC[C@H](CC(N)=O)C2)n2nc(-c3ccccc3Cl)c(-c3ccc(Cl)cc3)c2n1. The second kappa shape index (κ2) is 11.7. The van der Waals surface area contributed by atoms with Crippen LogP contribution in [0, 0.1) is 5.92 Å². The van der Waals surface area contributed by atoms with E-state index in [1.807, 2.05) is 78.0 Å². The summed E-state index contributed by atoms with van der Waals surface area (Å²) >= 11 is 12.9. The molecule has 0 saturated carbocycles. The van der Waals surface area contributed by atoms with Crippen LogP contribution in [0.4, 0.5) is 11.6 Å². The fourth-order valence-electron chi connectivity index (χ4n) is 5.18. The minimum absolute atomic E-state index is 0.0980. The van der Waals surface area contributed by atoms with Crippen LogP contribution in [0.25, 0.3) is 28.0 Å². The van der Waals surface area contributed by atoms with Crippen molar-refractivity contribution in [3.8, 4) is 22.4 Å². The van der Waals surface area contributed by atoms with Crippen molar-refractivity contribution in [1.29, 1.82) is 0 Å². The van der Waals surface area contributed by atoms with E-state index in [2.05, 4.69) is 10.2 Å². The van der Waals surface area contributed by atoms with Crippen molar-refractivity contribution in [3.63, 3.8) is 0 Å². The maximum Gasteiger partial charge on any atom is 0.239 e. The summed E-state index contributed by atoms with van der Waals surface area (Å²) in [5, 5.41) is 9.10. The van der Waals surface area contributed by atoms with Gasteiger partial charge in [-0.25, -0.2) is 4.98 Å². The van der Waals surface area contributed by atoms with E-state index >= 15 is 0 Å². The number of hydrogen-bond donors (Lipinski definition) is 2. The van der Waals surface area contributed by atoms with Gasteiger partial charge in [-0.15, -0.1) is 0 Å². The van der Waals surface area contributed by atoms with E-state index in [1.165, 1.54) is 0 Å². The molecule has 5 rings (SSSR count). The van der Waals surface area contributed by atoms with Crippen LogP contribution in [0.3, 0.4) is 0 Å². The third-order valence-corrected chi connectivity index (χ3v) is 7.65. The van der Waals surface area contributed by atoms with Crippen LogP contribution >= 0.6 is 23.2 Å². The van der Waals surface area contributed by atoms with Crippen molar-refractivity contribution in [3.05, 3.63) is 64.6 Å². The Kier molecular flexibility index (Phi) is 8.14. The minimum atomic E-state index is -0.306. The number of primary amides is 1. The van der Waals surface area contributed by atoms with Gasteiger partial charge in [0.15, 0.2) is 5.65 Å². The van der Waals surface area contributed by atoms with E-state index in [-0.39, 0.29) is 24.3 Å². The Morgan fingerprint density at radius 2 is 1.90 bits per heavy atom. The van der Waals surface area contributed by atoms with Crippen molar-refractivity contribution in [1.82, 2.24) is 19.9 Å². The molecule has 11 heteroatoms. The molecule has 0 radical (unpaired) electrons. The first-order valence-corrected chi connectivity index (χ1v) is 14.0. The van der Waals surface area contributed by atoms with Gasteiger partial charge in [0.25, 0.3) is 0 Å². The van der Waals surface area contributed by atoms with E-state index in [0.29, 0.717) is 46.7 Å². The maximum absolute atomic E-state index is 12.4. The number of aromatic nitrogens is 3. The molecule has 2 aromatic carbocycles. The second-order valence-electron chi connectivity index (χ2n) is 10.00. The summed E-state index contributed by atoms with van der Waals surface area (Å²) in [4.78, 5) is 33.1. The average molecular weight is 581 g/mol. The number of fused-ring (bicyclic) bond motifs is 1. The lowest BCUT2D eigenvalue weighted by Gasteiger charge is -2.23. The number of nitrogens with one attached hydrogen (secondary N) is 1. The summed E-state index contributed by atoms with van der Waals surface area (Å²) in [5.74, 6) is 1.17. The normalized spacial score (nSPS) is 15.0. The fraction of sp³-hybridized carbons (Fsp3) is 0.310. The van der Waals surface area contributed by atoms with Gasteiger partial charge in [0.05, 0.1) is 17.1 Å². The third-order valence-electron chi connectivity index (χ3n) is 7.06. The molecule has 1 atom stereocenters. The lowest BCUT2D eigenvalue weighted by molar-refractivity contribution is -0.120. The summed E-state index contributed by atoms with van der Waals surface area (Å²) in [5.41, 5.74) is 9.25. The number of hydrogen-bond acceptors (Lipinski definition) is 6. The minimum Gasteiger partial charge on any atom is -0.370 e. The zero-order valence-corrected chi connectivity index (χ0v) is 23.9. The number of carbonyl (C=O) groups excluding carboxylic acids is 2. The van der Waals surface area contributed by atoms with E-state index in [1.54, 1.807) is 0 Å². The molecule has 1 aliphatic heterocycles. The lowest BCUT2D eigenvalue weighted by Crippen LogP contribution is -2.35. The number of rotatable bonds is 9. The molecule has 9 nitrogen and oxygen atoms in total. The van der Waals surface area contributed by atoms with Crippen LogP contribution in [0.2, 0.25) is 10.0 Å². The summed E-state index contributed by atoms with van der Waals surface area (Å²) in [6.07, 6.45) is 1.16. The Morgan fingerprint density at radius 1 is 1.15 bits per heavy atom. The summed E-state index contributed by atoms with van der Waals surface area (Å²) in [6.45, 7) is 3.96. The summed E-state index contributed by atoms with van der Waals surface area (Å²) in [7, 11) is 1.84. The number of halogens is 2. The number of carbonyl (C=O) groups is 2. The first kappa shape index (κ1) is 27.7. The van der Waals surface area contributed by atoms with Crippen molar-refractivity contribution in [2.75, 3.05) is 43.0 Å². The largest absolute Gasteiger partial charge is 0.370 e. The van der Waals surface area contributed by atoms with E-state index in [4.69, 9.17) is 39.0 Å². The van der Waals surface area contributed by atoms with Gasteiger partial charge >= 0.3 is 0 Å². The monoisotopic (exact) mass is 579 g/mol. The van der Waals surface area contributed by atoms with Crippen LogP contribution in [-0.4, -0.2) is 59.6 Å². The summed E-state index contributed by atoms with van der Waals surface area (Å²) in [6, 6.07) is 17.0. The Labute approximate surface area is 242 Å². The van der Waals surface area contributed by atoms with Crippen LogP contribution in [0.1, 0.15) is 19.8 Å². The smallest absolute Gasteiger partial charge is 0.239 e. The number of benzene rings is 2. The molecule has 208 valence electrons. The molecular weight excluding hydrogens is 549 g/mol. The number of nitrogens with zero attached hydrogens (tertiary/aromatic N) is 5. The maximum atomic E-state index is 12.4. The number of nitrogens with two attached hydrogens (primary N) is 1. The molecule has 0 unspecified atom stereocenters. The molecular formula is C29H31Cl2N7O2. The highest BCUT2D eigenvalue weighted by molar-refractivity contribution is 6.33. The van der Waals surface area contributed by atoms with Gasteiger partial charge in [-0.05, 0) is 43.0 Å². The number of anilines is 2. The highest BCUT2D eigenvalue weighted by Crippen LogP contribution is 2.40. The Morgan fingerprint density at radius 3 is 2.60 bits per heavy atom. The zero-order chi connectivity index (χ0) is 28.4. The molecule has 0 spiro atoms. The van der Waals surface area contributed by atoms with E-state index in [9.17, 15) is 9.59 Å². The molecule has 4 aromatic rings. The van der Waals surface area contributed by atoms with Crippen LogP contribution in [0.5, 0.6) is 0 Å². The number of amides is 2. The van der Waals surface area contributed by atoms with E-state index in [0.717, 1.165) is 35.5 Å². The van der Waals surface area contributed by atoms with Crippen molar-refractivity contribution in [2.45, 2.75) is 19.8 Å². The Bertz CT molecular complexity index is 1550. The van der Waals surface area contributed by atoms with Gasteiger partial charge in [-0.3, -0.25) is 9.59 Å². The van der Waals surface area contributed by atoms with Gasteiger partial charge in [-0.1, -0.05) is 53.5 Å². The molecule has 2 aromatic heterocycles. The quantitative estimate of drug-likeness (QED) is 0.299. The predicted octanol–water partition coefficient (Wildman–Crippen LogP) is 4.64. The van der Waals surface area contributed by atoms with Crippen LogP contribution in [0.15, 0.2) is 54.6 Å². The fourth-order valence-corrected chi connectivity index (χ4v) is 5.53. The van der Waals surface area contributed by atoms with Gasteiger partial charge < -0.3 is 20.9 Å². The van der Waals surface area contributed by atoms with E-state index < -0.39 is 0 Å². The molecule has 1 fully saturated rings. The molecule has 3 N–H and O–H groups in total. The zero-order valence-electron chi connectivity index (χ0n) is 22.4.